The van der Waals surface area contributed by atoms with Crippen LogP contribution >= 0.6 is 0 Å². The number of phenols is 1. The molecule has 0 amide bonds. The zero-order chi connectivity index (χ0) is 22.9. The lowest BCUT2D eigenvalue weighted by atomic mass is 9.78. The lowest BCUT2D eigenvalue weighted by Gasteiger charge is -2.30. The molecule has 3 aromatic rings. The van der Waals surface area contributed by atoms with Gasteiger partial charge in [0.05, 0.1) is 31.6 Å². The first kappa shape index (κ1) is 20.9. The molecule has 0 saturated heterocycles. The number of nitrogens with one attached hydrogen (secondary N) is 2. The van der Waals surface area contributed by atoms with E-state index in [9.17, 15) is 9.90 Å². The Morgan fingerprint density at radius 3 is 2.39 bits per heavy atom. The highest BCUT2D eigenvalue weighted by Gasteiger charge is 2.37. The fourth-order valence-electron chi connectivity index (χ4n) is 4.79. The number of anilines is 2. The Labute approximate surface area is 192 Å². The summed E-state index contributed by atoms with van der Waals surface area (Å²) in [6.07, 6.45) is 1.03. The molecule has 6 nitrogen and oxygen atoms in total. The molecule has 2 unspecified atom stereocenters. The monoisotopic (exact) mass is 442 g/mol. The van der Waals surface area contributed by atoms with E-state index in [1.807, 2.05) is 54.6 Å². The van der Waals surface area contributed by atoms with Crippen molar-refractivity contribution in [1.29, 1.82) is 0 Å². The number of carbonyl (C=O) groups excluding carboxylic acids is 1. The van der Waals surface area contributed by atoms with Crippen molar-refractivity contribution in [3.05, 3.63) is 89.1 Å². The summed E-state index contributed by atoms with van der Waals surface area (Å²) in [6.45, 7) is 0. The van der Waals surface area contributed by atoms with E-state index >= 15 is 0 Å². The first-order valence-electron chi connectivity index (χ1n) is 11.0. The van der Waals surface area contributed by atoms with Gasteiger partial charge in [0, 0.05) is 29.2 Å². The van der Waals surface area contributed by atoms with Crippen molar-refractivity contribution in [3.8, 4) is 17.2 Å². The summed E-state index contributed by atoms with van der Waals surface area (Å²) < 4.78 is 11.0. The number of rotatable bonds is 4. The minimum Gasteiger partial charge on any atom is -0.508 e. The predicted octanol–water partition coefficient (Wildman–Crippen LogP) is 5.39. The van der Waals surface area contributed by atoms with Crippen LogP contribution in [0.1, 0.15) is 35.9 Å². The molecular formula is C27H26N2O4. The number of hydrogen-bond acceptors (Lipinski definition) is 6. The highest BCUT2D eigenvalue weighted by molar-refractivity contribution is 6.01. The zero-order valence-corrected chi connectivity index (χ0v) is 18.6. The molecule has 168 valence electrons. The first-order chi connectivity index (χ1) is 16.1. The molecule has 0 radical (unpaired) electrons. The van der Waals surface area contributed by atoms with Crippen LogP contribution in [0.3, 0.4) is 0 Å². The van der Waals surface area contributed by atoms with Crippen LogP contribution in [-0.4, -0.2) is 25.1 Å². The Morgan fingerprint density at radius 2 is 1.67 bits per heavy atom. The second-order valence-corrected chi connectivity index (χ2v) is 8.37. The minimum absolute atomic E-state index is 0.0421. The van der Waals surface area contributed by atoms with Gasteiger partial charge in [-0.2, -0.15) is 0 Å². The van der Waals surface area contributed by atoms with Crippen LogP contribution in [0.2, 0.25) is 0 Å². The maximum absolute atomic E-state index is 13.7. The average Bonchev–Trinajstić information content (AvgIpc) is 3.01. The minimum atomic E-state index is -0.322. The number of hydrogen-bond donors (Lipinski definition) is 3. The standard InChI is InChI=1S/C27H26N2O4/c1-32-19-11-12-25(33-2)20(15-19)17-13-23-26(24(31)14-17)27(16-7-9-18(30)10-8-16)29-22-6-4-3-5-21(22)28-23/h3-12,15,17,27-30H,13-14H2,1-2H3. The van der Waals surface area contributed by atoms with E-state index in [2.05, 4.69) is 10.6 Å². The smallest absolute Gasteiger partial charge is 0.163 e. The summed E-state index contributed by atoms with van der Waals surface area (Å²) in [5.74, 6) is 1.72. The fourth-order valence-corrected chi connectivity index (χ4v) is 4.79. The van der Waals surface area contributed by atoms with Gasteiger partial charge in [0.25, 0.3) is 0 Å². The third kappa shape index (κ3) is 3.89. The number of Topliss-reactive ketones (excluding diaryl/α,β-unsaturated/α-hetero) is 1. The Kier molecular flexibility index (Phi) is 5.42. The second kappa shape index (κ2) is 8.54. The van der Waals surface area contributed by atoms with Gasteiger partial charge in [-0.25, -0.2) is 0 Å². The van der Waals surface area contributed by atoms with Gasteiger partial charge in [0.15, 0.2) is 5.78 Å². The number of ether oxygens (including phenoxy) is 2. The molecule has 0 bridgehead atoms. The number of phenolic OH excluding ortho intramolecular Hbond substituents is 1. The van der Waals surface area contributed by atoms with Gasteiger partial charge >= 0.3 is 0 Å². The zero-order valence-electron chi connectivity index (χ0n) is 18.6. The molecule has 33 heavy (non-hydrogen) atoms. The number of methoxy groups -OCH3 is 2. The van der Waals surface area contributed by atoms with Gasteiger partial charge in [-0.3, -0.25) is 4.79 Å². The number of allylic oxidation sites excluding steroid dienone is 1. The van der Waals surface area contributed by atoms with Crippen molar-refractivity contribution < 1.29 is 19.4 Å². The normalized spacial score (nSPS) is 19.5. The van der Waals surface area contributed by atoms with E-state index < -0.39 is 0 Å². The highest BCUT2D eigenvalue weighted by atomic mass is 16.5. The molecule has 1 aliphatic heterocycles. The number of benzene rings is 3. The molecule has 1 heterocycles. The molecule has 2 aliphatic rings. The Hall–Kier alpha value is -3.93. The maximum Gasteiger partial charge on any atom is 0.163 e. The van der Waals surface area contributed by atoms with E-state index in [0.717, 1.165) is 45.3 Å². The summed E-state index contributed by atoms with van der Waals surface area (Å²) in [5.41, 5.74) is 5.37. The van der Waals surface area contributed by atoms with Crippen molar-refractivity contribution in [2.45, 2.75) is 24.8 Å². The number of para-hydroxylation sites is 2. The summed E-state index contributed by atoms with van der Waals surface area (Å²) >= 11 is 0. The molecule has 6 heteroatoms. The van der Waals surface area contributed by atoms with Gasteiger partial charge in [-0.05, 0) is 54.4 Å². The molecule has 0 fully saturated rings. The van der Waals surface area contributed by atoms with Crippen molar-refractivity contribution >= 4 is 17.2 Å². The van der Waals surface area contributed by atoms with Gasteiger partial charge in [-0.15, -0.1) is 0 Å². The Morgan fingerprint density at radius 1 is 0.909 bits per heavy atom. The lowest BCUT2D eigenvalue weighted by molar-refractivity contribution is -0.116. The topological polar surface area (TPSA) is 79.8 Å². The summed E-state index contributed by atoms with van der Waals surface area (Å²) in [7, 11) is 3.28. The van der Waals surface area contributed by atoms with Crippen LogP contribution in [0.4, 0.5) is 11.4 Å². The SMILES string of the molecule is COc1ccc(OC)c(C2CC(=O)C3=C(C2)Nc2ccccc2NC3c2ccc(O)cc2)c1. The number of ketones is 1. The van der Waals surface area contributed by atoms with Crippen molar-refractivity contribution in [2.24, 2.45) is 0 Å². The van der Waals surface area contributed by atoms with Crippen molar-refractivity contribution in [1.82, 2.24) is 0 Å². The lowest BCUT2D eigenvalue weighted by Crippen LogP contribution is -2.27. The Balaban J connectivity index is 1.61. The summed E-state index contributed by atoms with van der Waals surface area (Å²) in [6, 6.07) is 20.4. The largest absolute Gasteiger partial charge is 0.508 e. The van der Waals surface area contributed by atoms with E-state index in [0.29, 0.717) is 12.8 Å². The molecule has 0 aromatic heterocycles. The third-order valence-electron chi connectivity index (χ3n) is 6.41. The molecule has 0 spiro atoms. The molecule has 0 saturated carbocycles. The quantitative estimate of drug-likeness (QED) is 0.503. The summed E-state index contributed by atoms with van der Waals surface area (Å²) in [5, 5.41) is 16.9. The van der Waals surface area contributed by atoms with Crippen molar-refractivity contribution in [3.63, 3.8) is 0 Å². The molecule has 1 aliphatic carbocycles. The van der Waals surface area contributed by atoms with Crippen LogP contribution < -0.4 is 20.1 Å². The van der Waals surface area contributed by atoms with Crippen molar-refractivity contribution in [2.75, 3.05) is 24.9 Å². The first-order valence-corrected chi connectivity index (χ1v) is 11.0. The van der Waals surface area contributed by atoms with Crippen LogP contribution in [0, 0.1) is 0 Å². The molecule has 3 aromatic carbocycles. The van der Waals surface area contributed by atoms with E-state index in [4.69, 9.17) is 9.47 Å². The highest BCUT2D eigenvalue weighted by Crippen LogP contribution is 2.46. The van der Waals surface area contributed by atoms with Crippen LogP contribution in [0.25, 0.3) is 0 Å². The van der Waals surface area contributed by atoms with Gasteiger partial charge in [-0.1, -0.05) is 24.3 Å². The summed E-state index contributed by atoms with van der Waals surface area (Å²) in [4.78, 5) is 13.7. The number of aromatic hydroxyl groups is 1. The van der Waals surface area contributed by atoms with Gasteiger partial charge < -0.3 is 25.2 Å². The average molecular weight is 443 g/mol. The number of carbonyl (C=O) groups is 1. The number of fused-ring (bicyclic) bond motifs is 1. The predicted molar refractivity (Wildman–Crippen MR) is 128 cm³/mol. The van der Waals surface area contributed by atoms with Gasteiger partial charge in [0.1, 0.15) is 17.2 Å². The van der Waals surface area contributed by atoms with E-state index in [1.54, 1.807) is 26.4 Å². The Bertz CT molecular complexity index is 1230. The van der Waals surface area contributed by atoms with Crippen LogP contribution in [-0.2, 0) is 4.79 Å². The third-order valence-corrected chi connectivity index (χ3v) is 6.41. The van der Waals surface area contributed by atoms with E-state index in [1.165, 1.54) is 0 Å². The fraction of sp³-hybridized carbons (Fsp3) is 0.222. The van der Waals surface area contributed by atoms with Gasteiger partial charge in [0.2, 0.25) is 0 Å². The van der Waals surface area contributed by atoms with E-state index in [-0.39, 0.29) is 23.5 Å². The maximum atomic E-state index is 13.7. The molecule has 5 rings (SSSR count). The molecular weight excluding hydrogens is 416 g/mol. The second-order valence-electron chi connectivity index (χ2n) is 8.37. The van der Waals surface area contributed by atoms with Crippen LogP contribution in [0.15, 0.2) is 78.0 Å². The van der Waals surface area contributed by atoms with Crippen LogP contribution in [0.5, 0.6) is 17.2 Å². The molecule has 3 N–H and O–H groups in total. The molecule has 2 atom stereocenters.